The Morgan fingerprint density at radius 1 is 0.957 bits per heavy atom. The zero-order valence-corrected chi connectivity index (χ0v) is 13.9. The second kappa shape index (κ2) is 7.73. The topological polar surface area (TPSA) is 120 Å². The van der Waals surface area contributed by atoms with E-state index in [4.69, 9.17) is 0 Å². The van der Waals surface area contributed by atoms with Crippen molar-refractivity contribution in [3.8, 4) is 0 Å². The maximum absolute atomic E-state index is 9.29. The summed E-state index contributed by atoms with van der Waals surface area (Å²) < 4.78 is 0. The third kappa shape index (κ3) is 3.86. The van der Waals surface area contributed by atoms with Crippen molar-refractivity contribution in [2.24, 2.45) is 0 Å². The van der Waals surface area contributed by atoms with Gasteiger partial charge >= 0.3 is 0 Å². The van der Waals surface area contributed by atoms with Crippen LogP contribution >= 0.6 is 0 Å². The van der Waals surface area contributed by atoms with E-state index in [0.717, 1.165) is 13.0 Å². The number of hydrogen-bond donors (Lipinski definition) is 5. The Balaban J connectivity index is 2.63. The summed E-state index contributed by atoms with van der Waals surface area (Å²) in [7, 11) is 3.51. The standard InChI is InChI=1S/C14H24N8O/c1-5-6-17-11-9-10(20-13(15-3)21-11)12(18-8(2)7-23)22-14(16-4)19-9/h8,23H,5-7H2,1-4H3,(H2,15,17,20,21)(H2,16,18,19,22)/t8-/m1/s1. The van der Waals surface area contributed by atoms with E-state index in [1.165, 1.54) is 0 Å². The van der Waals surface area contributed by atoms with E-state index in [0.29, 0.717) is 34.6 Å². The summed E-state index contributed by atoms with van der Waals surface area (Å²) in [4.78, 5) is 17.8. The highest BCUT2D eigenvalue weighted by Crippen LogP contribution is 2.27. The van der Waals surface area contributed by atoms with E-state index in [2.05, 4.69) is 48.1 Å². The largest absolute Gasteiger partial charge is 0.394 e. The van der Waals surface area contributed by atoms with Crippen molar-refractivity contribution in [3.63, 3.8) is 0 Å². The highest BCUT2D eigenvalue weighted by molar-refractivity contribution is 5.94. The molecule has 0 unspecified atom stereocenters. The molecule has 0 radical (unpaired) electrons. The Morgan fingerprint density at radius 2 is 1.52 bits per heavy atom. The van der Waals surface area contributed by atoms with E-state index in [1.54, 1.807) is 14.1 Å². The fourth-order valence-electron chi connectivity index (χ4n) is 1.99. The first kappa shape index (κ1) is 16.9. The molecular formula is C14H24N8O. The van der Waals surface area contributed by atoms with E-state index in [1.807, 2.05) is 6.92 Å². The second-order valence-corrected chi connectivity index (χ2v) is 5.14. The van der Waals surface area contributed by atoms with E-state index in [-0.39, 0.29) is 12.6 Å². The molecule has 23 heavy (non-hydrogen) atoms. The minimum Gasteiger partial charge on any atom is -0.394 e. The highest BCUT2D eigenvalue weighted by atomic mass is 16.3. The Bertz CT molecular complexity index is 663. The van der Waals surface area contributed by atoms with Crippen LogP contribution in [-0.2, 0) is 0 Å². The molecule has 2 rings (SSSR count). The van der Waals surface area contributed by atoms with Crippen molar-refractivity contribution in [2.45, 2.75) is 26.3 Å². The molecule has 0 saturated heterocycles. The van der Waals surface area contributed by atoms with Crippen molar-refractivity contribution < 1.29 is 5.11 Å². The van der Waals surface area contributed by atoms with Crippen LogP contribution in [0, 0.1) is 0 Å². The van der Waals surface area contributed by atoms with Gasteiger partial charge in [-0.2, -0.15) is 9.97 Å². The number of rotatable bonds is 8. The van der Waals surface area contributed by atoms with Gasteiger partial charge in [-0.1, -0.05) is 6.92 Å². The van der Waals surface area contributed by atoms with Crippen LogP contribution < -0.4 is 21.3 Å². The number of nitrogens with one attached hydrogen (secondary N) is 4. The van der Waals surface area contributed by atoms with Gasteiger partial charge < -0.3 is 26.4 Å². The smallest absolute Gasteiger partial charge is 0.225 e. The lowest BCUT2D eigenvalue weighted by atomic mass is 10.3. The monoisotopic (exact) mass is 320 g/mol. The molecule has 0 spiro atoms. The average Bonchev–Trinajstić information content (AvgIpc) is 2.59. The molecule has 1 atom stereocenters. The molecule has 0 amide bonds. The van der Waals surface area contributed by atoms with Gasteiger partial charge in [0.05, 0.1) is 6.61 Å². The van der Waals surface area contributed by atoms with Crippen LogP contribution in [0.15, 0.2) is 0 Å². The predicted octanol–water partition coefficient (Wildman–Crippen LogP) is 1.12. The lowest BCUT2D eigenvalue weighted by Gasteiger charge is -2.16. The maximum Gasteiger partial charge on any atom is 0.225 e. The van der Waals surface area contributed by atoms with Crippen molar-refractivity contribution in [1.82, 2.24) is 19.9 Å². The van der Waals surface area contributed by atoms with Gasteiger partial charge in [0.15, 0.2) is 11.6 Å². The molecule has 2 aromatic rings. The number of aromatic nitrogens is 4. The molecule has 9 heteroatoms. The first-order valence-electron chi connectivity index (χ1n) is 7.69. The number of aliphatic hydroxyl groups excluding tert-OH is 1. The first-order chi connectivity index (χ1) is 11.1. The van der Waals surface area contributed by atoms with Gasteiger partial charge in [0.2, 0.25) is 11.9 Å². The van der Waals surface area contributed by atoms with Crippen LogP contribution in [0.5, 0.6) is 0 Å². The molecular weight excluding hydrogens is 296 g/mol. The zero-order valence-electron chi connectivity index (χ0n) is 13.9. The number of anilines is 4. The SMILES string of the molecule is CCCNc1nc(NC)nc2c(N[C@H](C)CO)nc(NC)nc12. The molecule has 0 fully saturated rings. The van der Waals surface area contributed by atoms with Crippen LogP contribution in [0.3, 0.4) is 0 Å². The molecule has 2 heterocycles. The average molecular weight is 320 g/mol. The molecule has 0 aliphatic heterocycles. The molecule has 9 nitrogen and oxygen atoms in total. The van der Waals surface area contributed by atoms with Crippen LogP contribution in [0.25, 0.3) is 11.0 Å². The van der Waals surface area contributed by atoms with Gasteiger partial charge in [-0.25, -0.2) is 9.97 Å². The highest BCUT2D eigenvalue weighted by Gasteiger charge is 2.16. The Morgan fingerprint density at radius 3 is 2.04 bits per heavy atom. The minimum absolute atomic E-state index is 0.00864. The summed E-state index contributed by atoms with van der Waals surface area (Å²) in [6.45, 7) is 4.72. The Kier molecular flexibility index (Phi) is 5.69. The Hall–Kier alpha value is -2.42. The minimum atomic E-state index is -0.155. The van der Waals surface area contributed by atoms with Gasteiger partial charge in [-0.05, 0) is 13.3 Å². The molecule has 0 saturated carbocycles. The molecule has 0 aliphatic rings. The van der Waals surface area contributed by atoms with Crippen molar-refractivity contribution >= 4 is 34.6 Å². The van der Waals surface area contributed by atoms with Gasteiger partial charge in [-0.3, -0.25) is 0 Å². The van der Waals surface area contributed by atoms with E-state index >= 15 is 0 Å². The summed E-state index contributed by atoms with van der Waals surface area (Å²) >= 11 is 0. The molecule has 0 aliphatic carbocycles. The van der Waals surface area contributed by atoms with Crippen LogP contribution in [0.4, 0.5) is 23.5 Å². The van der Waals surface area contributed by atoms with Crippen molar-refractivity contribution in [1.29, 1.82) is 0 Å². The van der Waals surface area contributed by atoms with Gasteiger partial charge in [0.25, 0.3) is 0 Å². The number of hydrogen-bond acceptors (Lipinski definition) is 9. The Labute approximate surface area is 135 Å². The first-order valence-corrected chi connectivity index (χ1v) is 7.69. The summed E-state index contributed by atoms with van der Waals surface area (Å²) in [5.74, 6) is 2.15. The lowest BCUT2D eigenvalue weighted by molar-refractivity contribution is 0.281. The van der Waals surface area contributed by atoms with Crippen LogP contribution in [-0.4, -0.2) is 58.3 Å². The van der Waals surface area contributed by atoms with Crippen LogP contribution in [0.2, 0.25) is 0 Å². The lowest BCUT2D eigenvalue weighted by Crippen LogP contribution is -2.21. The van der Waals surface area contributed by atoms with E-state index in [9.17, 15) is 5.11 Å². The fourth-order valence-corrected chi connectivity index (χ4v) is 1.99. The van der Waals surface area contributed by atoms with Gasteiger partial charge in [-0.15, -0.1) is 0 Å². The maximum atomic E-state index is 9.29. The predicted molar refractivity (Wildman–Crippen MR) is 93.2 cm³/mol. The summed E-state index contributed by atoms with van der Waals surface area (Å²) in [5.41, 5.74) is 1.23. The quantitative estimate of drug-likeness (QED) is 0.487. The molecule has 0 aromatic carbocycles. The number of nitrogens with zero attached hydrogens (tertiary/aromatic N) is 4. The van der Waals surface area contributed by atoms with E-state index < -0.39 is 0 Å². The normalized spacial score (nSPS) is 12.0. The zero-order chi connectivity index (χ0) is 16.8. The summed E-state index contributed by atoms with van der Waals surface area (Å²) in [6.07, 6.45) is 0.969. The van der Waals surface area contributed by atoms with Crippen molar-refractivity contribution in [2.75, 3.05) is 48.5 Å². The molecule has 0 bridgehead atoms. The van der Waals surface area contributed by atoms with Gasteiger partial charge in [0.1, 0.15) is 11.0 Å². The summed E-state index contributed by atoms with van der Waals surface area (Å²) in [6, 6.07) is -0.155. The van der Waals surface area contributed by atoms with Crippen LogP contribution in [0.1, 0.15) is 20.3 Å². The van der Waals surface area contributed by atoms with Gasteiger partial charge in [0, 0.05) is 26.7 Å². The third-order valence-corrected chi connectivity index (χ3v) is 3.19. The fraction of sp³-hybridized carbons (Fsp3) is 0.571. The molecule has 126 valence electrons. The number of fused-ring (bicyclic) bond motifs is 1. The van der Waals surface area contributed by atoms with Crippen molar-refractivity contribution in [3.05, 3.63) is 0 Å². The number of aliphatic hydroxyl groups is 1. The molecule has 5 N–H and O–H groups in total. The third-order valence-electron chi connectivity index (χ3n) is 3.19. The summed E-state index contributed by atoms with van der Waals surface area (Å²) in [5, 5.41) is 21.6. The second-order valence-electron chi connectivity index (χ2n) is 5.14. The molecule has 2 aromatic heterocycles.